The van der Waals surface area contributed by atoms with Crippen molar-refractivity contribution in [2.45, 2.75) is 6.92 Å². The molecule has 0 aliphatic rings. The van der Waals surface area contributed by atoms with Crippen LogP contribution in [0.4, 0.5) is 5.13 Å². The molecule has 1 heterocycles. The molecule has 0 unspecified atom stereocenters. The smallest absolute Gasteiger partial charge is 0.253 e. The van der Waals surface area contributed by atoms with E-state index in [4.69, 9.17) is 23.2 Å². The van der Waals surface area contributed by atoms with Crippen LogP contribution in [0.1, 0.15) is 15.2 Å². The average molecular weight is 344 g/mol. The molecule has 1 aromatic carbocycles. The summed E-state index contributed by atoms with van der Waals surface area (Å²) in [5.41, 5.74) is 0.263. The number of nitrogens with one attached hydrogen (secondary N) is 2. The fourth-order valence-corrected chi connectivity index (χ4v) is 2.68. The number of carbonyl (C=O) groups is 2. The predicted molar refractivity (Wildman–Crippen MR) is 84.3 cm³/mol. The highest BCUT2D eigenvalue weighted by atomic mass is 35.5. The topological polar surface area (TPSA) is 71.1 Å². The summed E-state index contributed by atoms with van der Waals surface area (Å²) in [6, 6.07) is 4.53. The monoisotopic (exact) mass is 343 g/mol. The molecular formula is C13H11Cl2N3O2S. The van der Waals surface area contributed by atoms with Gasteiger partial charge in [0.05, 0.1) is 17.1 Å². The molecule has 5 nitrogen and oxygen atoms in total. The van der Waals surface area contributed by atoms with Crippen LogP contribution in [0.25, 0.3) is 0 Å². The van der Waals surface area contributed by atoms with Crippen molar-refractivity contribution >= 4 is 51.5 Å². The number of thiazole rings is 1. The van der Waals surface area contributed by atoms with Crippen LogP contribution in [0.3, 0.4) is 0 Å². The number of benzene rings is 1. The van der Waals surface area contributed by atoms with Gasteiger partial charge >= 0.3 is 0 Å². The summed E-state index contributed by atoms with van der Waals surface area (Å²) >= 11 is 13.0. The van der Waals surface area contributed by atoms with Gasteiger partial charge in [-0.2, -0.15) is 0 Å². The second-order valence-electron chi connectivity index (χ2n) is 4.13. The van der Waals surface area contributed by atoms with E-state index in [9.17, 15) is 9.59 Å². The quantitative estimate of drug-likeness (QED) is 0.895. The van der Waals surface area contributed by atoms with E-state index in [1.165, 1.54) is 23.5 Å². The Kier molecular flexibility index (Phi) is 5.17. The Balaban J connectivity index is 1.90. The van der Waals surface area contributed by atoms with E-state index in [0.29, 0.717) is 10.2 Å². The molecule has 2 amide bonds. The van der Waals surface area contributed by atoms with Crippen LogP contribution < -0.4 is 10.6 Å². The first-order valence-electron chi connectivity index (χ1n) is 5.91. The van der Waals surface area contributed by atoms with E-state index in [1.54, 1.807) is 12.3 Å². The van der Waals surface area contributed by atoms with E-state index in [2.05, 4.69) is 15.6 Å². The molecule has 110 valence electrons. The maximum absolute atomic E-state index is 11.9. The first kappa shape index (κ1) is 15.8. The molecule has 2 N–H and O–H groups in total. The van der Waals surface area contributed by atoms with Gasteiger partial charge in [-0.15, -0.1) is 11.3 Å². The Bertz CT molecular complexity index is 688. The highest BCUT2D eigenvalue weighted by molar-refractivity contribution is 7.15. The Morgan fingerprint density at radius 1 is 1.33 bits per heavy atom. The van der Waals surface area contributed by atoms with Crippen molar-refractivity contribution in [1.29, 1.82) is 0 Å². The molecule has 0 aliphatic carbocycles. The lowest BCUT2D eigenvalue weighted by Crippen LogP contribution is -2.32. The molecule has 8 heteroatoms. The standard InChI is InChI=1S/C13H11Cl2N3O2S/c1-7-5-17-13(21-7)18-11(19)6-16-12(20)9-3-2-8(14)4-10(9)15/h2-5H,6H2,1H3,(H,16,20)(H,17,18,19). The van der Waals surface area contributed by atoms with Crippen LogP contribution in [0.15, 0.2) is 24.4 Å². The average Bonchev–Trinajstić information content (AvgIpc) is 2.81. The number of rotatable bonds is 4. The summed E-state index contributed by atoms with van der Waals surface area (Å²) in [6.07, 6.45) is 1.66. The van der Waals surface area contributed by atoms with Crippen LogP contribution in [-0.4, -0.2) is 23.3 Å². The van der Waals surface area contributed by atoms with Crippen LogP contribution in [0.5, 0.6) is 0 Å². The molecule has 0 aliphatic heterocycles. The highest BCUT2D eigenvalue weighted by Gasteiger charge is 2.12. The lowest BCUT2D eigenvalue weighted by molar-refractivity contribution is -0.115. The second kappa shape index (κ2) is 6.89. The SMILES string of the molecule is Cc1cnc(NC(=O)CNC(=O)c2ccc(Cl)cc2Cl)s1. The third-order valence-electron chi connectivity index (χ3n) is 2.45. The van der Waals surface area contributed by atoms with Gasteiger partial charge in [0.15, 0.2) is 5.13 Å². The van der Waals surface area contributed by atoms with Crippen molar-refractivity contribution in [2.24, 2.45) is 0 Å². The molecule has 0 bridgehead atoms. The normalized spacial score (nSPS) is 10.2. The van der Waals surface area contributed by atoms with Gasteiger partial charge in [0.25, 0.3) is 5.91 Å². The number of hydrogen-bond donors (Lipinski definition) is 2. The Morgan fingerprint density at radius 2 is 2.10 bits per heavy atom. The lowest BCUT2D eigenvalue weighted by atomic mass is 10.2. The number of amides is 2. The van der Waals surface area contributed by atoms with Gasteiger partial charge in [0, 0.05) is 16.1 Å². The number of carbonyl (C=O) groups excluding carboxylic acids is 2. The minimum absolute atomic E-state index is 0.170. The van der Waals surface area contributed by atoms with Crippen molar-refractivity contribution in [3.63, 3.8) is 0 Å². The third-order valence-corrected chi connectivity index (χ3v) is 3.83. The van der Waals surface area contributed by atoms with Crippen molar-refractivity contribution in [3.05, 3.63) is 44.9 Å². The van der Waals surface area contributed by atoms with Gasteiger partial charge in [-0.25, -0.2) is 4.98 Å². The molecule has 21 heavy (non-hydrogen) atoms. The van der Waals surface area contributed by atoms with E-state index in [-0.39, 0.29) is 23.0 Å². The number of halogens is 2. The van der Waals surface area contributed by atoms with Crippen LogP contribution in [0.2, 0.25) is 10.0 Å². The van der Waals surface area contributed by atoms with Gasteiger partial charge in [-0.05, 0) is 25.1 Å². The van der Waals surface area contributed by atoms with Gasteiger partial charge in [0.1, 0.15) is 0 Å². The van der Waals surface area contributed by atoms with Gasteiger partial charge in [-0.1, -0.05) is 23.2 Å². The number of hydrogen-bond acceptors (Lipinski definition) is 4. The summed E-state index contributed by atoms with van der Waals surface area (Å²) in [6.45, 7) is 1.72. The maximum Gasteiger partial charge on any atom is 0.253 e. The molecule has 0 radical (unpaired) electrons. The van der Waals surface area contributed by atoms with Crippen LogP contribution >= 0.6 is 34.5 Å². The van der Waals surface area contributed by atoms with Gasteiger partial charge in [0.2, 0.25) is 5.91 Å². The minimum Gasteiger partial charge on any atom is -0.343 e. The van der Waals surface area contributed by atoms with Gasteiger partial charge in [-0.3, -0.25) is 9.59 Å². The number of aromatic nitrogens is 1. The van der Waals surface area contributed by atoms with Crippen LogP contribution in [-0.2, 0) is 4.79 Å². The molecule has 0 saturated heterocycles. The van der Waals surface area contributed by atoms with Crippen molar-refractivity contribution < 1.29 is 9.59 Å². The van der Waals surface area contributed by atoms with Crippen LogP contribution in [0, 0.1) is 6.92 Å². The van der Waals surface area contributed by atoms with Crippen molar-refractivity contribution in [2.75, 3.05) is 11.9 Å². The Labute approximate surface area is 135 Å². The third kappa shape index (κ3) is 4.42. The molecular weight excluding hydrogens is 333 g/mol. The zero-order chi connectivity index (χ0) is 15.4. The van der Waals surface area contributed by atoms with Crippen molar-refractivity contribution in [3.8, 4) is 0 Å². The summed E-state index contributed by atoms with van der Waals surface area (Å²) < 4.78 is 0. The van der Waals surface area contributed by atoms with E-state index in [0.717, 1.165) is 4.88 Å². The highest BCUT2D eigenvalue weighted by Crippen LogP contribution is 2.20. The zero-order valence-electron chi connectivity index (χ0n) is 10.9. The first-order chi connectivity index (χ1) is 9.95. The molecule has 0 saturated carbocycles. The van der Waals surface area contributed by atoms with E-state index >= 15 is 0 Å². The first-order valence-corrected chi connectivity index (χ1v) is 7.48. The fourth-order valence-electron chi connectivity index (χ4n) is 1.51. The molecule has 0 atom stereocenters. The Hall–Kier alpha value is -1.63. The Morgan fingerprint density at radius 3 is 2.71 bits per heavy atom. The fraction of sp³-hybridized carbons (Fsp3) is 0.154. The number of anilines is 1. The lowest BCUT2D eigenvalue weighted by Gasteiger charge is -2.06. The van der Waals surface area contributed by atoms with Crippen molar-refractivity contribution in [1.82, 2.24) is 10.3 Å². The summed E-state index contributed by atoms with van der Waals surface area (Å²) in [7, 11) is 0. The number of aryl methyl sites for hydroxylation is 1. The summed E-state index contributed by atoms with van der Waals surface area (Å²) in [5, 5.41) is 6.24. The molecule has 0 spiro atoms. The summed E-state index contributed by atoms with van der Waals surface area (Å²) in [4.78, 5) is 28.6. The second-order valence-corrected chi connectivity index (χ2v) is 6.21. The predicted octanol–water partition coefficient (Wildman–Crippen LogP) is 3.13. The minimum atomic E-state index is -0.442. The van der Waals surface area contributed by atoms with E-state index < -0.39 is 5.91 Å². The maximum atomic E-state index is 11.9. The molecule has 1 aromatic heterocycles. The largest absolute Gasteiger partial charge is 0.343 e. The molecule has 2 aromatic rings. The van der Waals surface area contributed by atoms with E-state index in [1.807, 2.05) is 6.92 Å². The number of nitrogens with zero attached hydrogens (tertiary/aromatic N) is 1. The molecule has 2 rings (SSSR count). The zero-order valence-corrected chi connectivity index (χ0v) is 13.3. The molecule has 0 fully saturated rings. The van der Waals surface area contributed by atoms with Gasteiger partial charge < -0.3 is 10.6 Å². The summed E-state index contributed by atoms with van der Waals surface area (Å²) in [5.74, 6) is -0.801.